The molecule has 7 heteroatoms. The van der Waals surface area contributed by atoms with E-state index < -0.39 is 0 Å². The Bertz CT molecular complexity index is 565. The average Bonchev–Trinajstić information content (AvgIpc) is 2.86. The molecule has 2 N–H and O–H groups in total. The van der Waals surface area contributed by atoms with Gasteiger partial charge in [0.1, 0.15) is 0 Å². The van der Waals surface area contributed by atoms with Crippen LogP contribution in [0.5, 0.6) is 0 Å². The van der Waals surface area contributed by atoms with Gasteiger partial charge in [0.25, 0.3) is 0 Å². The van der Waals surface area contributed by atoms with Crippen molar-refractivity contribution in [2.24, 2.45) is 10.9 Å². The van der Waals surface area contributed by atoms with Gasteiger partial charge in [-0.25, -0.2) is 4.99 Å². The van der Waals surface area contributed by atoms with Gasteiger partial charge >= 0.3 is 0 Å². The van der Waals surface area contributed by atoms with Gasteiger partial charge in [0, 0.05) is 31.0 Å². The molecule has 0 bridgehead atoms. The molecule has 1 aromatic heterocycles. The number of nitrogens with zero attached hydrogens (tertiary/aromatic N) is 3. The van der Waals surface area contributed by atoms with Crippen molar-refractivity contribution in [1.29, 1.82) is 0 Å². The first-order chi connectivity index (χ1) is 12.0. The molecule has 0 aromatic carbocycles. The van der Waals surface area contributed by atoms with E-state index in [2.05, 4.69) is 43.4 Å². The van der Waals surface area contributed by atoms with Gasteiger partial charge in [-0.3, -0.25) is 4.68 Å². The van der Waals surface area contributed by atoms with E-state index in [1.54, 1.807) is 7.11 Å². The molecule has 0 radical (unpaired) electrons. The summed E-state index contributed by atoms with van der Waals surface area (Å²) in [4.78, 5) is 4.82. The van der Waals surface area contributed by atoms with Crippen LogP contribution in [-0.4, -0.2) is 42.0 Å². The van der Waals surface area contributed by atoms with Crippen molar-refractivity contribution in [1.82, 2.24) is 20.4 Å². The highest BCUT2D eigenvalue weighted by atomic mass is 127. The fourth-order valence-electron chi connectivity index (χ4n) is 3.43. The highest BCUT2D eigenvalue weighted by molar-refractivity contribution is 14.0. The van der Waals surface area contributed by atoms with Crippen LogP contribution in [0.3, 0.4) is 0 Å². The van der Waals surface area contributed by atoms with Crippen LogP contribution >= 0.6 is 24.0 Å². The lowest BCUT2D eigenvalue weighted by molar-refractivity contribution is 0.182. The van der Waals surface area contributed by atoms with Crippen LogP contribution in [0.1, 0.15) is 56.5 Å². The lowest BCUT2D eigenvalue weighted by atomic mass is 9.87. The smallest absolute Gasteiger partial charge is 0.191 e. The standard InChI is InChI=1S/C19H35N5O.HI/c1-6-20-19(22-17-9-7-14(2)8-10-17)21-13-18-15(3)23-24(16(18)4)11-12-25-5;/h14,17H,6-13H2,1-5H3,(H2,20,21,22);1H. The van der Waals surface area contributed by atoms with Gasteiger partial charge < -0.3 is 15.4 Å². The summed E-state index contributed by atoms with van der Waals surface area (Å²) in [5.41, 5.74) is 3.45. The number of rotatable bonds is 7. The first kappa shape index (κ1) is 23.2. The van der Waals surface area contributed by atoms with Gasteiger partial charge in [-0.05, 0) is 52.4 Å². The van der Waals surface area contributed by atoms with Gasteiger partial charge in [0.15, 0.2) is 5.96 Å². The first-order valence-electron chi connectivity index (χ1n) is 9.61. The van der Waals surface area contributed by atoms with E-state index in [0.717, 1.165) is 30.7 Å². The minimum Gasteiger partial charge on any atom is -0.383 e. The summed E-state index contributed by atoms with van der Waals surface area (Å²) in [6.45, 7) is 11.6. The Morgan fingerprint density at radius 1 is 1.27 bits per heavy atom. The summed E-state index contributed by atoms with van der Waals surface area (Å²) in [5, 5.41) is 11.6. The SMILES string of the molecule is CCNC(=NCc1c(C)nn(CCOC)c1C)NC1CCC(C)CC1.I. The number of aromatic nitrogens is 2. The van der Waals surface area contributed by atoms with Gasteiger partial charge in [-0.15, -0.1) is 24.0 Å². The van der Waals surface area contributed by atoms with Crippen LogP contribution in [-0.2, 0) is 17.8 Å². The Labute approximate surface area is 175 Å². The highest BCUT2D eigenvalue weighted by Gasteiger charge is 2.19. The van der Waals surface area contributed by atoms with Crippen LogP contribution in [0.25, 0.3) is 0 Å². The number of nitrogens with one attached hydrogen (secondary N) is 2. The third-order valence-corrected chi connectivity index (χ3v) is 5.13. The predicted octanol–water partition coefficient (Wildman–Crippen LogP) is 3.40. The molecular formula is C19H36IN5O. The normalized spacial score (nSPS) is 20.6. The van der Waals surface area contributed by atoms with Crippen molar-refractivity contribution in [2.75, 3.05) is 20.3 Å². The summed E-state index contributed by atoms with van der Waals surface area (Å²) in [6.07, 6.45) is 5.08. The zero-order valence-electron chi connectivity index (χ0n) is 17.0. The monoisotopic (exact) mass is 477 g/mol. The molecule has 0 aliphatic heterocycles. The number of ether oxygens (including phenoxy) is 1. The highest BCUT2D eigenvalue weighted by Crippen LogP contribution is 2.23. The summed E-state index contributed by atoms with van der Waals surface area (Å²) in [5.74, 6) is 1.78. The van der Waals surface area contributed by atoms with E-state index in [0.29, 0.717) is 19.2 Å². The van der Waals surface area contributed by atoms with Crippen molar-refractivity contribution in [3.63, 3.8) is 0 Å². The lowest BCUT2D eigenvalue weighted by Crippen LogP contribution is -2.44. The number of halogens is 1. The second kappa shape index (κ2) is 11.8. The van der Waals surface area contributed by atoms with Gasteiger partial charge in [-0.1, -0.05) is 6.92 Å². The van der Waals surface area contributed by atoms with Crippen molar-refractivity contribution in [2.45, 2.75) is 72.5 Å². The number of hydrogen-bond donors (Lipinski definition) is 2. The Hall–Kier alpha value is -0.830. The quantitative estimate of drug-likeness (QED) is 0.359. The fraction of sp³-hybridized carbons (Fsp3) is 0.789. The minimum absolute atomic E-state index is 0. The van der Waals surface area contributed by atoms with Crippen molar-refractivity contribution in [3.05, 3.63) is 17.0 Å². The zero-order valence-corrected chi connectivity index (χ0v) is 19.3. The summed E-state index contributed by atoms with van der Waals surface area (Å²) in [6, 6.07) is 0.542. The van der Waals surface area contributed by atoms with E-state index in [-0.39, 0.29) is 24.0 Å². The molecule has 0 atom stereocenters. The second-order valence-corrected chi connectivity index (χ2v) is 7.16. The number of guanidine groups is 1. The van der Waals surface area contributed by atoms with Crippen LogP contribution in [0.15, 0.2) is 4.99 Å². The topological polar surface area (TPSA) is 63.5 Å². The molecule has 1 fully saturated rings. The largest absolute Gasteiger partial charge is 0.383 e. The maximum atomic E-state index is 5.16. The zero-order chi connectivity index (χ0) is 18.2. The molecule has 26 heavy (non-hydrogen) atoms. The average molecular weight is 477 g/mol. The fourth-order valence-corrected chi connectivity index (χ4v) is 3.43. The summed E-state index contributed by atoms with van der Waals surface area (Å²) in [7, 11) is 1.72. The van der Waals surface area contributed by atoms with Crippen molar-refractivity contribution >= 4 is 29.9 Å². The molecule has 1 saturated carbocycles. The van der Waals surface area contributed by atoms with Gasteiger partial charge in [-0.2, -0.15) is 5.10 Å². The van der Waals surface area contributed by atoms with Crippen LogP contribution in [0.4, 0.5) is 0 Å². The van der Waals surface area contributed by atoms with Crippen LogP contribution in [0, 0.1) is 19.8 Å². The Kier molecular flexibility index (Phi) is 10.5. The van der Waals surface area contributed by atoms with E-state index in [4.69, 9.17) is 9.73 Å². The van der Waals surface area contributed by atoms with E-state index in [9.17, 15) is 0 Å². The Morgan fingerprint density at radius 2 is 1.96 bits per heavy atom. The van der Waals surface area contributed by atoms with E-state index >= 15 is 0 Å². The Balaban J connectivity index is 0.00000338. The number of hydrogen-bond acceptors (Lipinski definition) is 3. The molecular weight excluding hydrogens is 441 g/mol. The van der Waals surface area contributed by atoms with E-state index in [1.165, 1.54) is 36.9 Å². The van der Waals surface area contributed by atoms with Crippen molar-refractivity contribution in [3.8, 4) is 0 Å². The number of aryl methyl sites for hydroxylation is 1. The van der Waals surface area contributed by atoms with E-state index in [1.807, 2.05) is 4.68 Å². The molecule has 1 aliphatic carbocycles. The second-order valence-electron chi connectivity index (χ2n) is 7.16. The lowest BCUT2D eigenvalue weighted by Gasteiger charge is -2.28. The first-order valence-corrected chi connectivity index (χ1v) is 9.61. The number of methoxy groups -OCH3 is 1. The Morgan fingerprint density at radius 3 is 2.58 bits per heavy atom. The summed E-state index contributed by atoms with van der Waals surface area (Å²) >= 11 is 0. The molecule has 150 valence electrons. The summed E-state index contributed by atoms with van der Waals surface area (Å²) < 4.78 is 7.18. The molecule has 6 nitrogen and oxygen atoms in total. The van der Waals surface area contributed by atoms with Crippen molar-refractivity contribution < 1.29 is 4.74 Å². The maximum Gasteiger partial charge on any atom is 0.191 e. The third-order valence-electron chi connectivity index (χ3n) is 5.13. The molecule has 0 unspecified atom stereocenters. The molecule has 0 amide bonds. The predicted molar refractivity (Wildman–Crippen MR) is 118 cm³/mol. The van der Waals surface area contributed by atoms with Crippen LogP contribution in [0.2, 0.25) is 0 Å². The molecule has 1 aromatic rings. The molecule has 2 rings (SSSR count). The molecule has 0 spiro atoms. The minimum atomic E-state index is 0. The molecule has 1 heterocycles. The van der Waals surface area contributed by atoms with Gasteiger partial charge in [0.05, 0.1) is 25.4 Å². The van der Waals surface area contributed by atoms with Gasteiger partial charge in [0.2, 0.25) is 0 Å². The number of aliphatic imine (C=N–C) groups is 1. The third kappa shape index (κ3) is 6.72. The van der Waals surface area contributed by atoms with Crippen LogP contribution < -0.4 is 10.6 Å². The molecule has 0 saturated heterocycles. The molecule has 1 aliphatic rings. The maximum absolute atomic E-state index is 5.16.